The Bertz CT molecular complexity index is 667. The summed E-state index contributed by atoms with van der Waals surface area (Å²) >= 11 is 0. The Hall–Kier alpha value is -1.96. The molecule has 1 saturated heterocycles. The summed E-state index contributed by atoms with van der Waals surface area (Å²) in [4.78, 5) is 28.6. The first kappa shape index (κ1) is 20.8. The van der Waals surface area contributed by atoms with Crippen LogP contribution in [0.15, 0.2) is 4.52 Å². The number of carbonyl (C=O) groups is 2. The molecule has 8 nitrogen and oxygen atoms in total. The molecule has 2 amide bonds. The van der Waals surface area contributed by atoms with Crippen molar-refractivity contribution in [1.82, 2.24) is 26.1 Å². The van der Waals surface area contributed by atoms with Crippen LogP contribution in [0.3, 0.4) is 0 Å². The highest BCUT2D eigenvalue weighted by atomic mass is 16.5. The van der Waals surface area contributed by atoms with Crippen LogP contribution in [0.4, 0.5) is 0 Å². The molecule has 2 unspecified atom stereocenters. The molecular weight excluding hydrogens is 358 g/mol. The van der Waals surface area contributed by atoms with Gasteiger partial charge in [-0.2, -0.15) is 4.98 Å². The lowest BCUT2D eigenvalue weighted by molar-refractivity contribution is -0.122. The summed E-state index contributed by atoms with van der Waals surface area (Å²) in [5, 5.41) is 13.7. The van der Waals surface area contributed by atoms with Crippen LogP contribution in [0.2, 0.25) is 0 Å². The Morgan fingerprint density at radius 2 is 1.96 bits per heavy atom. The molecule has 0 aromatic carbocycles. The van der Waals surface area contributed by atoms with Gasteiger partial charge >= 0.3 is 0 Å². The number of carbonyl (C=O) groups excluding carboxylic acids is 2. The number of hydrogen-bond acceptors (Lipinski definition) is 6. The van der Waals surface area contributed by atoms with E-state index >= 15 is 0 Å². The molecule has 156 valence electrons. The molecule has 1 saturated carbocycles. The maximum absolute atomic E-state index is 12.3. The summed E-state index contributed by atoms with van der Waals surface area (Å²) in [5.41, 5.74) is -0.546. The van der Waals surface area contributed by atoms with Crippen LogP contribution in [0, 0.1) is 0 Å². The Labute approximate surface area is 166 Å². The van der Waals surface area contributed by atoms with Crippen LogP contribution < -0.4 is 16.0 Å². The number of aryl methyl sites for hydroxylation is 1. The van der Waals surface area contributed by atoms with E-state index in [1.807, 2.05) is 0 Å². The fourth-order valence-electron chi connectivity index (χ4n) is 4.36. The van der Waals surface area contributed by atoms with Crippen molar-refractivity contribution in [2.45, 2.75) is 95.7 Å². The first-order chi connectivity index (χ1) is 13.5. The van der Waals surface area contributed by atoms with E-state index in [-0.39, 0.29) is 17.9 Å². The standard InChI is InChI=1S/C20H33N5O3/c1-14-16(8-7-13-21-14)22-17(27)9-10-18-23-19(25-28-18)20(24-15(2)26)11-5-3-4-6-12-20/h14,16,21H,3-13H2,1-2H3,(H,22,27)(H,24,26). The largest absolute Gasteiger partial charge is 0.352 e. The van der Waals surface area contributed by atoms with Gasteiger partial charge in [-0.25, -0.2) is 0 Å². The highest BCUT2D eigenvalue weighted by molar-refractivity contribution is 5.76. The van der Waals surface area contributed by atoms with Crippen LogP contribution >= 0.6 is 0 Å². The quantitative estimate of drug-likeness (QED) is 0.640. The number of nitrogens with one attached hydrogen (secondary N) is 3. The predicted octanol–water partition coefficient (Wildman–Crippen LogP) is 1.94. The summed E-state index contributed by atoms with van der Waals surface area (Å²) < 4.78 is 5.42. The first-order valence-corrected chi connectivity index (χ1v) is 10.6. The highest BCUT2D eigenvalue weighted by Crippen LogP contribution is 2.34. The van der Waals surface area contributed by atoms with Gasteiger partial charge in [0.2, 0.25) is 17.7 Å². The van der Waals surface area contributed by atoms with Gasteiger partial charge in [0.15, 0.2) is 5.82 Å². The number of nitrogens with zero attached hydrogens (tertiary/aromatic N) is 2. The van der Waals surface area contributed by atoms with E-state index in [0.717, 1.165) is 57.9 Å². The maximum Gasteiger partial charge on any atom is 0.227 e. The number of amides is 2. The van der Waals surface area contributed by atoms with E-state index in [9.17, 15) is 9.59 Å². The van der Waals surface area contributed by atoms with Gasteiger partial charge in [0, 0.05) is 31.8 Å². The van der Waals surface area contributed by atoms with Crippen LogP contribution in [0.1, 0.15) is 83.3 Å². The van der Waals surface area contributed by atoms with Crippen molar-refractivity contribution in [3.63, 3.8) is 0 Å². The van der Waals surface area contributed by atoms with Gasteiger partial charge in [0.1, 0.15) is 5.54 Å². The van der Waals surface area contributed by atoms with Gasteiger partial charge in [0.05, 0.1) is 0 Å². The van der Waals surface area contributed by atoms with Crippen LogP contribution in [-0.2, 0) is 21.5 Å². The topological polar surface area (TPSA) is 109 Å². The summed E-state index contributed by atoms with van der Waals surface area (Å²) in [7, 11) is 0. The molecule has 2 aliphatic rings. The summed E-state index contributed by atoms with van der Waals surface area (Å²) in [6.45, 7) is 4.63. The van der Waals surface area contributed by atoms with Crippen LogP contribution in [0.5, 0.6) is 0 Å². The number of rotatable bonds is 6. The van der Waals surface area contributed by atoms with Crippen molar-refractivity contribution >= 4 is 11.8 Å². The Balaban J connectivity index is 1.59. The monoisotopic (exact) mass is 391 g/mol. The second-order valence-electron chi connectivity index (χ2n) is 8.25. The molecule has 8 heteroatoms. The van der Waals surface area contributed by atoms with Crippen molar-refractivity contribution in [1.29, 1.82) is 0 Å². The SMILES string of the molecule is CC(=O)NC1(c2noc(CCC(=O)NC3CCCNC3C)n2)CCCCCC1. The van der Waals surface area contributed by atoms with E-state index in [1.54, 1.807) is 0 Å². The molecule has 0 radical (unpaired) electrons. The first-order valence-electron chi connectivity index (χ1n) is 10.6. The third-order valence-corrected chi connectivity index (χ3v) is 5.94. The minimum Gasteiger partial charge on any atom is -0.352 e. The van der Waals surface area contributed by atoms with Crippen molar-refractivity contribution in [3.05, 3.63) is 11.7 Å². The van der Waals surface area contributed by atoms with Gasteiger partial charge in [-0.15, -0.1) is 0 Å². The summed E-state index contributed by atoms with van der Waals surface area (Å²) in [6.07, 6.45) is 8.80. The second kappa shape index (κ2) is 9.49. The van der Waals surface area contributed by atoms with Crippen molar-refractivity contribution < 1.29 is 14.1 Å². The average molecular weight is 392 g/mol. The smallest absolute Gasteiger partial charge is 0.227 e. The van der Waals surface area contributed by atoms with Crippen molar-refractivity contribution in [2.75, 3.05) is 6.54 Å². The summed E-state index contributed by atoms with van der Waals surface area (Å²) in [6, 6.07) is 0.467. The number of aromatic nitrogens is 2. The molecule has 1 aromatic heterocycles. The van der Waals surface area contributed by atoms with Crippen molar-refractivity contribution in [2.24, 2.45) is 0 Å². The molecule has 1 aromatic rings. The number of hydrogen-bond donors (Lipinski definition) is 3. The third kappa shape index (κ3) is 5.31. The molecule has 3 rings (SSSR count). The zero-order chi connectivity index (χ0) is 20.0. The van der Waals surface area contributed by atoms with Crippen LogP contribution in [-0.4, -0.2) is 40.6 Å². The van der Waals surface area contributed by atoms with E-state index in [0.29, 0.717) is 30.6 Å². The minimum atomic E-state index is -0.546. The molecule has 3 N–H and O–H groups in total. The van der Waals surface area contributed by atoms with E-state index in [1.165, 1.54) is 6.92 Å². The van der Waals surface area contributed by atoms with E-state index in [4.69, 9.17) is 4.52 Å². The van der Waals surface area contributed by atoms with Gasteiger partial charge < -0.3 is 20.5 Å². The molecule has 2 fully saturated rings. The summed E-state index contributed by atoms with van der Waals surface area (Å²) in [5.74, 6) is 0.924. The zero-order valence-corrected chi connectivity index (χ0v) is 17.1. The lowest BCUT2D eigenvalue weighted by atomic mass is 9.89. The second-order valence-corrected chi connectivity index (χ2v) is 8.25. The zero-order valence-electron chi connectivity index (χ0n) is 17.1. The predicted molar refractivity (Wildman–Crippen MR) is 104 cm³/mol. The fourth-order valence-corrected chi connectivity index (χ4v) is 4.36. The molecule has 2 atom stereocenters. The molecule has 28 heavy (non-hydrogen) atoms. The molecule has 0 bridgehead atoms. The van der Waals surface area contributed by atoms with Gasteiger partial charge in [-0.1, -0.05) is 30.8 Å². The Morgan fingerprint density at radius 3 is 2.64 bits per heavy atom. The molecule has 2 heterocycles. The molecule has 1 aliphatic heterocycles. The maximum atomic E-state index is 12.3. The van der Waals surface area contributed by atoms with E-state index < -0.39 is 5.54 Å². The van der Waals surface area contributed by atoms with Gasteiger partial charge in [-0.3, -0.25) is 9.59 Å². The highest BCUT2D eigenvalue weighted by Gasteiger charge is 2.38. The third-order valence-electron chi connectivity index (χ3n) is 5.94. The average Bonchev–Trinajstić information content (AvgIpc) is 3.02. The molecule has 1 aliphatic carbocycles. The normalized spacial score (nSPS) is 24.9. The lowest BCUT2D eigenvalue weighted by Crippen LogP contribution is -2.51. The molecular formula is C20H33N5O3. The molecule has 0 spiro atoms. The minimum absolute atomic E-state index is 0.00587. The number of piperidine rings is 1. The lowest BCUT2D eigenvalue weighted by Gasteiger charge is -2.30. The van der Waals surface area contributed by atoms with Gasteiger partial charge in [0.25, 0.3) is 0 Å². The Kier molecular flexibility index (Phi) is 7.04. The Morgan fingerprint density at radius 1 is 1.21 bits per heavy atom. The van der Waals surface area contributed by atoms with Gasteiger partial charge in [-0.05, 0) is 39.2 Å². The van der Waals surface area contributed by atoms with Crippen molar-refractivity contribution in [3.8, 4) is 0 Å². The fraction of sp³-hybridized carbons (Fsp3) is 0.800. The van der Waals surface area contributed by atoms with E-state index in [2.05, 4.69) is 33.0 Å². The van der Waals surface area contributed by atoms with Crippen LogP contribution in [0.25, 0.3) is 0 Å².